The summed E-state index contributed by atoms with van der Waals surface area (Å²) in [6.07, 6.45) is 8.66. The Morgan fingerprint density at radius 2 is 2.02 bits per heavy atom. The summed E-state index contributed by atoms with van der Waals surface area (Å²) in [4.78, 5) is 20.4. The van der Waals surface area contributed by atoms with Gasteiger partial charge in [0.05, 0.1) is 37.1 Å². The molecular weight excluding hydrogens is 583 g/mol. The van der Waals surface area contributed by atoms with Gasteiger partial charge in [-0.3, -0.25) is 9.79 Å². The second-order valence-electron chi connectivity index (χ2n) is 9.66. The first-order valence-electron chi connectivity index (χ1n) is 13.4. The van der Waals surface area contributed by atoms with Crippen molar-refractivity contribution in [1.82, 2.24) is 14.8 Å². The number of hydrogen-bond acceptors (Lipinski definition) is 9. The van der Waals surface area contributed by atoms with E-state index in [9.17, 15) is 13.6 Å². The second-order valence-corrected chi connectivity index (χ2v) is 11.3. The lowest BCUT2D eigenvalue weighted by atomic mass is 9.89. The van der Waals surface area contributed by atoms with Crippen LogP contribution >= 0.6 is 11.8 Å². The summed E-state index contributed by atoms with van der Waals surface area (Å²) in [6, 6.07) is 7.70. The van der Waals surface area contributed by atoms with Gasteiger partial charge < -0.3 is 19.9 Å². The van der Waals surface area contributed by atoms with Gasteiger partial charge in [0.15, 0.2) is 11.9 Å². The van der Waals surface area contributed by atoms with E-state index in [1.54, 1.807) is 43.4 Å². The van der Waals surface area contributed by atoms with Crippen LogP contribution in [0.3, 0.4) is 0 Å². The second kappa shape index (κ2) is 15.1. The van der Waals surface area contributed by atoms with Crippen LogP contribution in [0.25, 0.3) is 6.08 Å². The predicted octanol–water partition coefficient (Wildman–Crippen LogP) is 4.95. The van der Waals surface area contributed by atoms with Gasteiger partial charge in [0.1, 0.15) is 30.1 Å². The SMILES string of the molecule is C=Nc1ccc(/C=C/C=C/C2OCC(SC(C)[C@@](Cn3cncn3)(OC(=O)CCN)c3ccc(F)cc3F)CO2)c(F)c1. The van der Waals surface area contributed by atoms with E-state index in [0.29, 0.717) is 11.3 Å². The number of halogens is 3. The van der Waals surface area contributed by atoms with Gasteiger partial charge in [-0.1, -0.05) is 18.2 Å². The molecule has 0 radical (unpaired) electrons. The van der Waals surface area contributed by atoms with Crippen molar-refractivity contribution >= 4 is 36.2 Å². The van der Waals surface area contributed by atoms with Gasteiger partial charge in [-0.15, -0.1) is 11.8 Å². The fourth-order valence-corrected chi connectivity index (χ4v) is 5.88. The predicted molar refractivity (Wildman–Crippen MR) is 158 cm³/mol. The van der Waals surface area contributed by atoms with Gasteiger partial charge in [-0.2, -0.15) is 5.10 Å². The van der Waals surface area contributed by atoms with Gasteiger partial charge in [-0.25, -0.2) is 22.8 Å². The molecule has 2 heterocycles. The van der Waals surface area contributed by atoms with E-state index in [0.717, 1.165) is 12.1 Å². The minimum absolute atomic E-state index is 0.00755. The fourth-order valence-electron chi connectivity index (χ4n) is 4.52. The van der Waals surface area contributed by atoms with Crippen LogP contribution in [0.15, 0.2) is 72.3 Å². The molecular formula is C30H32F3N5O4S. The Morgan fingerprint density at radius 3 is 2.67 bits per heavy atom. The van der Waals surface area contributed by atoms with Crippen LogP contribution in [0.5, 0.6) is 0 Å². The monoisotopic (exact) mass is 615 g/mol. The highest BCUT2D eigenvalue weighted by Crippen LogP contribution is 2.42. The van der Waals surface area contributed by atoms with Crippen LogP contribution in [0.4, 0.5) is 18.9 Å². The Labute approximate surface area is 251 Å². The molecule has 1 aromatic heterocycles. The summed E-state index contributed by atoms with van der Waals surface area (Å²) in [6.45, 7) is 5.68. The molecule has 1 unspecified atom stereocenters. The molecule has 2 N–H and O–H groups in total. The topological polar surface area (TPSA) is 114 Å². The van der Waals surface area contributed by atoms with Crippen LogP contribution in [0, 0.1) is 17.5 Å². The number of hydrogen-bond donors (Lipinski definition) is 1. The number of rotatable bonds is 13. The zero-order valence-corrected chi connectivity index (χ0v) is 24.3. The summed E-state index contributed by atoms with van der Waals surface area (Å²) in [5, 5.41) is 3.33. The maximum Gasteiger partial charge on any atom is 0.308 e. The van der Waals surface area contributed by atoms with Crippen LogP contribution in [-0.4, -0.2) is 64.0 Å². The standard InChI is InChI=1S/C30H32F3N5O4S/c1-20(43-24-15-40-29(41-16-24)6-4-3-5-21-7-9-23(35-2)14-26(21)32)30(42-28(39)11-12-34,17-38-19-36-18-37-38)25-10-8-22(31)13-27(25)33/h3-10,13-14,18-20,24,29H,2,11-12,15-17,34H2,1H3/b5-3+,6-4+/t20?,24?,29?,30-/m1/s1. The van der Waals surface area contributed by atoms with Crippen molar-refractivity contribution in [2.24, 2.45) is 10.7 Å². The molecule has 3 aromatic rings. The molecule has 0 aliphatic carbocycles. The number of esters is 1. The number of carbonyl (C=O) groups excluding carboxylic acids is 1. The van der Waals surface area contributed by atoms with Gasteiger partial charge in [0.25, 0.3) is 0 Å². The first-order chi connectivity index (χ1) is 20.7. The van der Waals surface area contributed by atoms with Crippen molar-refractivity contribution < 1.29 is 32.2 Å². The van der Waals surface area contributed by atoms with Gasteiger partial charge in [0.2, 0.25) is 0 Å². The van der Waals surface area contributed by atoms with E-state index in [4.69, 9.17) is 19.9 Å². The van der Waals surface area contributed by atoms with Crippen LogP contribution in [0.2, 0.25) is 0 Å². The largest absolute Gasteiger partial charge is 0.451 e. The average molecular weight is 616 g/mol. The normalized spacial score (nSPS) is 19.4. The zero-order valence-electron chi connectivity index (χ0n) is 23.4. The van der Waals surface area contributed by atoms with Crippen molar-refractivity contribution in [2.45, 2.75) is 42.3 Å². The number of aromatic nitrogens is 3. The van der Waals surface area contributed by atoms with Gasteiger partial charge in [-0.05, 0) is 44.0 Å². The van der Waals surface area contributed by atoms with E-state index < -0.39 is 40.6 Å². The smallest absolute Gasteiger partial charge is 0.308 e. The minimum Gasteiger partial charge on any atom is -0.451 e. The number of nitrogens with zero attached hydrogens (tertiary/aromatic N) is 4. The molecule has 0 saturated carbocycles. The Hall–Kier alpha value is -3.78. The molecule has 1 saturated heterocycles. The van der Waals surface area contributed by atoms with E-state index in [2.05, 4.69) is 21.8 Å². The molecule has 2 aromatic carbocycles. The third kappa shape index (κ3) is 8.41. The molecule has 0 bridgehead atoms. The summed E-state index contributed by atoms with van der Waals surface area (Å²) < 4.78 is 62.4. The van der Waals surface area contributed by atoms with E-state index in [-0.39, 0.29) is 43.5 Å². The van der Waals surface area contributed by atoms with Crippen LogP contribution in [-0.2, 0) is 31.2 Å². The zero-order chi connectivity index (χ0) is 30.8. The van der Waals surface area contributed by atoms with Crippen molar-refractivity contribution in [2.75, 3.05) is 19.8 Å². The molecule has 13 heteroatoms. The van der Waals surface area contributed by atoms with Crippen molar-refractivity contribution in [1.29, 1.82) is 0 Å². The Kier molecular flexibility index (Phi) is 11.3. The number of nitrogens with two attached hydrogens (primary N) is 1. The number of ether oxygens (including phenoxy) is 3. The molecule has 1 aliphatic rings. The Balaban J connectivity index is 1.46. The van der Waals surface area contributed by atoms with Crippen molar-refractivity contribution in [3.63, 3.8) is 0 Å². The number of allylic oxidation sites excluding steroid dienone is 2. The number of aliphatic imine (C=N–C) groups is 1. The summed E-state index contributed by atoms with van der Waals surface area (Å²) in [5.41, 5.74) is 4.82. The number of benzene rings is 2. The number of thioether (sulfide) groups is 1. The lowest BCUT2D eigenvalue weighted by molar-refractivity contribution is -0.163. The third-order valence-corrected chi connectivity index (χ3v) is 8.11. The molecule has 228 valence electrons. The summed E-state index contributed by atoms with van der Waals surface area (Å²) in [7, 11) is 0. The molecule has 1 aliphatic heterocycles. The summed E-state index contributed by atoms with van der Waals surface area (Å²) in [5.74, 6) is -2.68. The fraction of sp³-hybridized carbons (Fsp3) is 0.333. The summed E-state index contributed by atoms with van der Waals surface area (Å²) >= 11 is 1.38. The van der Waals surface area contributed by atoms with E-state index in [1.807, 2.05) is 0 Å². The quantitative estimate of drug-likeness (QED) is 0.163. The first-order valence-corrected chi connectivity index (χ1v) is 14.4. The highest BCUT2D eigenvalue weighted by molar-refractivity contribution is 8.00. The van der Waals surface area contributed by atoms with Gasteiger partial charge >= 0.3 is 5.97 Å². The Bertz CT molecular complexity index is 1450. The highest BCUT2D eigenvalue weighted by Gasteiger charge is 2.46. The van der Waals surface area contributed by atoms with Gasteiger partial charge in [0, 0.05) is 35.1 Å². The van der Waals surface area contributed by atoms with Crippen LogP contribution < -0.4 is 5.73 Å². The Morgan fingerprint density at radius 1 is 1.23 bits per heavy atom. The molecule has 2 atom stereocenters. The first kappa shape index (κ1) is 32.1. The molecule has 0 amide bonds. The van der Waals surface area contributed by atoms with E-state index in [1.165, 1.54) is 41.2 Å². The lowest BCUT2D eigenvalue weighted by Gasteiger charge is -2.40. The average Bonchev–Trinajstić information content (AvgIpc) is 3.49. The van der Waals surface area contributed by atoms with Crippen molar-refractivity contribution in [3.8, 4) is 0 Å². The number of carbonyl (C=O) groups is 1. The molecule has 43 heavy (non-hydrogen) atoms. The van der Waals surface area contributed by atoms with Crippen molar-refractivity contribution in [3.05, 3.63) is 95.9 Å². The maximum atomic E-state index is 15.3. The van der Waals surface area contributed by atoms with E-state index >= 15 is 4.39 Å². The highest BCUT2D eigenvalue weighted by atomic mass is 32.2. The molecule has 9 nitrogen and oxygen atoms in total. The lowest BCUT2D eigenvalue weighted by Crippen LogP contribution is -2.47. The third-order valence-electron chi connectivity index (χ3n) is 6.66. The molecule has 4 rings (SSSR count). The minimum atomic E-state index is -1.60. The molecule has 0 spiro atoms. The maximum absolute atomic E-state index is 15.3. The van der Waals surface area contributed by atoms with Crippen LogP contribution in [0.1, 0.15) is 24.5 Å². The molecule has 1 fully saturated rings.